The summed E-state index contributed by atoms with van der Waals surface area (Å²) in [6, 6.07) is 2.16. The summed E-state index contributed by atoms with van der Waals surface area (Å²) < 4.78 is 5.32. The van der Waals surface area contributed by atoms with E-state index in [1.54, 1.807) is 0 Å². The van der Waals surface area contributed by atoms with Crippen LogP contribution >= 0.6 is 0 Å². The average molecular weight is 221 g/mol. The summed E-state index contributed by atoms with van der Waals surface area (Å²) >= 11 is 0. The lowest BCUT2D eigenvalue weighted by Crippen LogP contribution is -2.36. The van der Waals surface area contributed by atoms with Gasteiger partial charge in [0.2, 0.25) is 0 Å². The highest BCUT2D eigenvalue weighted by atomic mass is 16.5. The molecule has 0 amide bonds. The Morgan fingerprint density at radius 1 is 1.44 bits per heavy atom. The Bertz CT molecular complexity index is 359. The number of nitrogens with zero attached hydrogens (tertiary/aromatic N) is 2. The van der Waals surface area contributed by atoms with Gasteiger partial charge in [-0.15, -0.1) is 0 Å². The van der Waals surface area contributed by atoms with Crippen molar-refractivity contribution in [3.8, 4) is 0 Å². The number of ether oxygens (including phenoxy) is 1. The van der Waals surface area contributed by atoms with Crippen LogP contribution in [-0.4, -0.2) is 31.3 Å². The van der Waals surface area contributed by atoms with Gasteiger partial charge in [-0.1, -0.05) is 0 Å². The Morgan fingerprint density at radius 3 is 2.69 bits per heavy atom. The predicted octanol–water partition coefficient (Wildman–Crippen LogP) is 1.25. The number of hydrogen-bond acceptors (Lipinski definition) is 4. The SMILES string of the molecule is Cc1cc(N2CCOCC2)ncc1[C@@H](C)N. The number of hydrogen-bond donors (Lipinski definition) is 1. The van der Waals surface area contributed by atoms with Crippen LogP contribution in [0, 0.1) is 6.92 Å². The molecular weight excluding hydrogens is 202 g/mol. The molecule has 1 fully saturated rings. The number of nitrogens with two attached hydrogens (primary N) is 1. The van der Waals surface area contributed by atoms with Crippen LogP contribution in [-0.2, 0) is 4.74 Å². The van der Waals surface area contributed by atoms with Crippen LogP contribution in [0.1, 0.15) is 24.1 Å². The Labute approximate surface area is 96.4 Å². The molecule has 0 unspecified atom stereocenters. The molecule has 0 saturated carbocycles. The van der Waals surface area contributed by atoms with Gasteiger partial charge in [0.25, 0.3) is 0 Å². The zero-order valence-electron chi connectivity index (χ0n) is 9.94. The van der Waals surface area contributed by atoms with Crippen LogP contribution in [0.25, 0.3) is 0 Å². The van der Waals surface area contributed by atoms with Gasteiger partial charge in [0.05, 0.1) is 13.2 Å². The Hall–Kier alpha value is -1.13. The Morgan fingerprint density at radius 2 is 2.12 bits per heavy atom. The van der Waals surface area contributed by atoms with E-state index in [1.165, 1.54) is 5.56 Å². The van der Waals surface area contributed by atoms with Crippen molar-refractivity contribution < 1.29 is 4.74 Å². The smallest absolute Gasteiger partial charge is 0.128 e. The highest BCUT2D eigenvalue weighted by molar-refractivity contribution is 5.44. The van der Waals surface area contributed by atoms with Gasteiger partial charge < -0.3 is 15.4 Å². The molecule has 0 aliphatic carbocycles. The molecule has 88 valence electrons. The zero-order chi connectivity index (χ0) is 11.5. The molecule has 1 aromatic heterocycles. The predicted molar refractivity (Wildman–Crippen MR) is 64.6 cm³/mol. The lowest BCUT2D eigenvalue weighted by atomic mass is 10.1. The van der Waals surface area contributed by atoms with Gasteiger partial charge in [-0.05, 0) is 31.0 Å². The molecule has 0 spiro atoms. The molecule has 4 nitrogen and oxygen atoms in total. The zero-order valence-corrected chi connectivity index (χ0v) is 9.94. The van der Waals surface area contributed by atoms with Gasteiger partial charge in [-0.25, -0.2) is 4.98 Å². The molecule has 1 atom stereocenters. The van der Waals surface area contributed by atoms with Crippen molar-refractivity contribution in [2.24, 2.45) is 5.73 Å². The Kier molecular flexibility index (Phi) is 3.41. The maximum Gasteiger partial charge on any atom is 0.128 e. The molecule has 0 aromatic carbocycles. The lowest BCUT2D eigenvalue weighted by molar-refractivity contribution is 0.122. The molecular formula is C12H19N3O. The van der Waals surface area contributed by atoms with Gasteiger partial charge in [0.1, 0.15) is 5.82 Å². The molecule has 4 heteroatoms. The second kappa shape index (κ2) is 4.80. The number of rotatable bonds is 2. The van der Waals surface area contributed by atoms with Crippen molar-refractivity contribution >= 4 is 5.82 Å². The monoisotopic (exact) mass is 221 g/mol. The van der Waals surface area contributed by atoms with E-state index in [9.17, 15) is 0 Å². The maximum absolute atomic E-state index is 5.87. The van der Waals surface area contributed by atoms with Crippen molar-refractivity contribution in [1.82, 2.24) is 4.98 Å². The summed E-state index contributed by atoms with van der Waals surface area (Å²) in [6.45, 7) is 7.49. The number of pyridine rings is 1. The van der Waals surface area contributed by atoms with Gasteiger partial charge in [-0.3, -0.25) is 0 Å². The summed E-state index contributed by atoms with van der Waals surface area (Å²) in [6.07, 6.45) is 1.89. The standard InChI is InChI=1S/C12H19N3O/c1-9-7-12(14-8-11(9)10(2)13)15-3-5-16-6-4-15/h7-8,10H,3-6,13H2,1-2H3/t10-/m1/s1. The van der Waals surface area contributed by atoms with Crippen LogP contribution in [0.3, 0.4) is 0 Å². The fourth-order valence-corrected chi connectivity index (χ4v) is 1.99. The molecule has 0 bridgehead atoms. The topological polar surface area (TPSA) is 51.4 Å². The molecule has 2 heterocycles. The van der Waals surface area contributed by atoms with E-state index in [2.05, 4.69) is 22.9 Å². The summed E-state index contributed by atoms with van der Waals surface area (Å²) in [7, 11) is 0. The highest BCUT2D eigenvalue weighted by Gasteiger charge is 2.13. The van der Waals surface area contributed by atoms with Gasteiger partial charge in [-0.2, -0.15) is 0 Å². The van der Waals surface area contributed by atoms with Crippen molar-refractivity contribution in [3.63, 3.8) is 0 Å². The maximum atomic E-state index is 5.87. The minimum absolute atomic E-state index is 0.0474. The minimum Gasteiger partial charge on any atom is -0.378 e. The van der Waals surface area contributed by atoms with Crippen molar-refractivity contribution in [2.45, 2.75) is 19.9 Å². The summed E-state index contributed by atoms with van der Waals surface area (Å²) in [5.41, 5.74) is 8.21. The summed E-state index contributed by atoms with van der Waals surface area (Å²) in [4.78, 5) is 6.73. The first-order valence-corrected chi connectivity index (χ1v) is 5.73. The van der Waals surface area contributed by atoms with Crippen LogP contribution < -0.4 is 10.6 Å². The molecule has 1 aliphatic rings. The first-order chi connectivity index (χ1) is 7.68. The van der Waals surface area contributed by atoms with Crippen molar-refractivity contribution in [3.05, 3.63) is 23.4 Å². The van der Waals surface area contributed by atoms with E-state index in [0.29, 0.717) is 0 Å². The Balaban J connectivity index is 2.19. The van der Waals surface area contributed by atoms with Crippen molar-refractivity contribution in [2.75, 3.05) is 31.2 Å². The molecule has 1 saturated heterocycles. The normalized spacial score (nSPS) is 18.6. The molecule has 1 aromatic rings. The van der Waals surface area contributed by atoms with Crippen molar-refractivity contribution in [1.29, 1.82) is 0 Å². The largest absolute Gasteiger partial charge is 0.378 e. The van der Waals surface area contributed by atoms with Gasteiger partial charge in [0, 0.05) is 25.3 Å². The third-order valence-electron chi connectivity index (χ3n) is 2.96. The molecule has 2 N–H and O–H groups in total. The highest BCUT2D eigenvalue weighted by Crippen LogP contribution is 2.20. The van der Waals surface area contributed by atoms with Crippen LogP contribution in [0.4, 0.5) is 5.82 Å². The van der Waals surface area contributed by atoms with E-state index in [4.69, 9.17) is 10.5 Å². The third kappa shape index (κ3) is 2.33. The van der Waals surface area contributed by atoms with Crippen LogP contribution in [0.5, 0.6) is 0 Å². The second-order valence-electron chi connectivity index (χ2n) is 4.29. The van der Waals surface area contributed by atoms with E-state index in [0.717, 1.165) is 37.7 Å². The number of anilines is 1. The molecule has 1 aliphatic heterocycles. The summed E-state index contributed by atoms with van der Waals surface area (Å²) in [5, 5.41) is 0. The summed E-state index contributed by atoms with van der Waals surface area (Å²) in [5.74, 6) is 1.03. The van der Waals surface area contributed by atoms with E-state index >= 15 is 0 Å². The molecule has 2 rings (SSSR count). The van der Waals surface area contributed by atoms with Gasteiger partial charge >= 0.3 is 0 Å². The lowest BCUT2D eigenvalue weighted by Gasteiger charge is -2.28. The fourth-order valence-electron chi connectivity index (χ4n) is 1.99. The number of aryl methyl sites for hydroxylation is 1. The first-order valence-electron chi connectivity index (χ1n) is 5.73. The van der Waals surface area contributed by atoms with Gasteiger partial charge in [0.15, 0.2) is 0 Å². The third-order valence-corrected chi connectivity index (χ3v) is 2.96. The van der Waals surface area contributed by atoms with Crippen LogP contribution in [0.15, 0.2) is 12.3 Å². The van der Waals surface area contributed by atoms with E-state index in [-0.39, 0.29) is 6.04 Å². The molecule has 0 radical (unpaired) electrons. The average Bonchev–Trinajstić information content (AvgIpc) is 2.29. The van der Waals surface area contributed by atoms with E-state index in [1.807, 2.05) is 13.1 Å². The minimum atomic E-state index is 0.0474. The van der Waals surface area contributed by atoms with Crippen LogP contribution in [0.2, 0.25) is 0 Å². The number of morpholine rings is 1. The number of aromatic nitrogens is 1. The quantitative estimate of drug-likeness (QED) is 0.816. The van der Waals surface area contributed by atoms with E-state index < -0.39 is 0 Å². The fraction of sp³-hybridized carbons (Fsp3) is 0.583. The second-order valence-corrected chi connectivity index (χ2v) is 4.29. The first kappa shape index (κ1) is 11.4. The molecule has 16 heavy (non-hydrogen) atoms.